The first kappa shape index (κ1) is 17.9. The molecule has 0 N–H and O–H groups in total. The molecule has 8 fully saturated rings. The van der Waals surface area contributed by atoms with E-state index < -0.39 is 8.56 Å². The Labute approximate surface area is 167 Å². The van der Waals surface area contributed by atoms with E-state index in [0.29, 0.717) is 10.1 Å². The lowest BCUT2D eigenvalue weighted by Crippen LogP contribution is -2.69. The zero-order valence-corrected chi connectivity index (χ0v) is 18.7. The molecule has 0 amide bonds. The Morgan fingerprint density at radius 2 is 0.815 bits per heavy atom. The minimum absolute atomic E-state index is 0.458. The maximum absolute atomic E-state index is 7.16. The standard InChI is InChI=1S/C24H40O2Si/c1-3-25-27(26-4-2,23-11-17-5-18(12-23)7-19(6-17)13-23)24-14-20-8-21(15-24)10-22(9-20)16-24/h17-22H,3-16H2,1-2H3. The van der Waals surface area contributed by atoms with Crippen LogP contribution in [0.5, 0.6) is 0 Å². The molecule has 152 valence electrons. The van der Waals surface area contributed by atoms with Gasteiger partial charge in [-0.25, -0.2) is 0 Å². The molecule has 0 spiro atoms. The molecule has 3 heteroatoms. The molecule has 27 heavy (non-hydrogen) atoms. The summed E-state index contributed by atoms with van der Waals surface area (Å²) in [6, 6.07) is 0. The number of hydrogen-bond acceptors (Lipinski definition) is 2. The van der Waals surface area contributed by atoms with Crippen LogP contribution in [0.25, 0.3) is 0 Å². The highest BCUT2D eigenvalue weighted by Gasteiger charge is 2.74. The second-order valence-electron chi connectivity index (χ2n) is 11.9. The van der Waals surface area contributed by atoms with Crippen molar-refractivity contribution in [2.75, 3.05) is 13.2 Å². The molecule has 2 nitrogen and oxygen atoms in total. The van der Waals surface area contributed by atoms with E-state index in [9.17, 15) is 0 Å². The van der Waals surface area contributed by atoms with Crippen molar-refractivity contribution in [1.29, 1.82) is 0 Å². The van der Waals surface area contributed by atoms with E-state index in [-0.39, 0.29) is 0 Å². The van der Waals surface area contributed by atoms with Gasteiger partial charge in [0.25, 0.3) is 0 Å². The smallest absolute Gasteiger partial charge is 0.351 e. The molecule has 0 unspecified atom stereocenters. The normalized spacial score (nSPS) is 52.7. The lowest BCUT2D eigenvalue weighted by atomic mass is 9.55. The van der Waals surface area contributed by atoms with Crippen molar-refractivity contribution in [3.63, 3.8) is 0 Å². The van der Waals surface area contributed by atoms with Gasteiger partial charge in [-0.2, -0.15) is 0 Å². The maximum atomic E-state index is 7.16. The zero-order valence-electron chi connectivity index (χ0n) is 17.7. The van der Waals surface area contributed by atoms with Gasteiger partial charge in [0.15, 0.2) is 0 Å². The Hall–Kier alpha value is 0.137. The van der Waals surface area contributed by atoms with Crippen LogP contribution < -0.4 is 0 Å². The van der Waals surface area contributed by atoms with Crippen molar-refractivity contribution in [3.8, 4) is 0 Å². The van der Waals surface area contributed by atoms with E-state index >= 15 is 0 Å². The van der Waals surface area contributed by atoms with Crippen LogP contribution in [0.3, 0.4) is 0 Å². The average molecular weight is 389 g/mol. The molecular formula is C24H40O2Si. The van der Waals surface area contributed by atoms with E-state index in [1.54, 1.807) is 0 Å². The molecule has 0 heterocycles. The van der Waals surface area contributed by atoms with Gasteiger partial charge in [0.2, 0.25) is 0 Å². The van der Waals surface area contributed by atoms with Gasteiger partial charge in [-0.05, 0) is 126 Å². The first-order valence-electron chi connectivity index (χ1n) is 12.4. The lowest BCUT2D eigenvalue weighted by Gasteiger charge is -2.69. The van der Waals surface area contributed by atoms with Crippen molar-refractivity contribution in [2.45, 2.75) is 101 Å². The topological polar surface area (TPSA) is 18.5 Å². The van der Waals surface area contributed by atoms with Crippen molar-refractivity contribution in [3.05, 3.63) is 0 Å². The Morgan fingerprint density at radius 3 is 1.04 bits per heavy atom. The van der Waals surface area contributed by atoms with Crippen LogP contribution in [0.4, 0.5) is 0 Å². The first-order chi connectivity index (χ1) is 13.1. The molecule has 0 aliphatic heterocycles. The van der Waals surface area contributed by atoms with Gasteiger partial charge in [-0.3, -0.25) is 0 Å². The predicted octanol–water partition coefficient (Wildman–Crippen LogP) is 6.44. The van der Waals surface area contributed by atoms with Crippen LogP contribution in [0.1, 0.15) is 90.9 Å². The van der Waals surface area contributed by atoms with Gasteiger partial charge in [0.1, 0.15) is 0 Å². The van der Waals surface area contributed by atoms with Crippen molar-refractivity contribution >= 4 is 8.56 Å². The van der Waals surface area contributed by atoms with Gasteiger partial charge in [-0.15, -0.1) is 0 Å². The first-order valence-corrected chi connectivity index (χ1v) is 14.2. The lowest BCUT2D eigenvalue weighted by molar-refractivity contribution is -0.0439. The molecule has 0 saturated heterocycles. The van der Waals surface area contributed by atoms with Crippen LogP contribution >= 0.6 is 0 Å². The maximum Gasteiger partial charge on any atom is 0.351 e. The minimum Gasteiger partial charge on any atom is -0.394 e. The molecule has 8 bridgehead atoms. The molecule has 0 atom stereocenters. The molecule has 8 rings (SSSR count). The van der Waals surface area contributed by atoms with E-state index in [1.807, 2.05) is 0 Å². The highest BCUT2D eigenvalue weighted by molar-refractivity contribution is 6.74. The number of rotatable bonds is 6. The molecule has 8 saturated carbocycles. The summed E-state index contributed by atoms with van der Waals surface area (Å²) in [6.07, 6.45) is 18.0. The van der Waals surface area contributed by atoms with E-state index in [2.05, 4.69) is 13.8 Å². The Bertz CT molecular complexity index is 477. The molecule has 8 aliphatic carbocycles. The van der Waals surface area contributed by atoms with E-state index in [4.69, 9.17) is 8.85 Å². The highest BCUT2D eigenvalue weighted by Crippen LogP contribution is 2.77. The average Bonchev–Trinajstić information content (AvgIpc) is 2.59. The van der Waals surface area contributed by atoms with Crippen LogP contribution in [-0.2, 0) is 8.85 Å². The van der Waals surface area contributed by atoms with E-state index in [1.165, 1.54) is 77.0 Å². The fourth-order valence-corrected chi connectivity index (χ4v) is 17.2. The van der Waals surface area contributed by atoms with Crippen molar-refractivity contribution in [1.82, 2.24) is 0 Å². The third-order valence-corrected chi connectivity index (χ3v) is 15.6. The zero-order chi connectivity index (χ0) is 18.3. The highest BCUT2D eigenvalue weighted by atomic mass is 28.4. The third-order valence-electron chi connectivity index (χ3n) is 10.2. The molecule has 0 aromatic rings. The molecule has 0 aromatic heterocycles. The van der Waals surface area contributed by atoms with Crippen LogP contribution in [0.15, 0.2) is 0 Å². The molecule has 8 aliphatic rings. The fraction of sp³-hybridized carbons (Fsp3) is 1.00. The summed E-state index contributed by atoms with van der Waals surface area (Å²) in [6.45, 7) is 6.30. The van der Waals surface area contributed by atoms with Crippen LogP contribution in [0, 0.1) is 35.5 Å². The summed E-state index contributed by atoms with van der Waals surface area (Å²) in [5.74, 6) is 5.99. The molecular weight excluding hydrogens is 348 g/mol. The van der Waals surface area contributed by atoms with E-state index in [0.717, 1.165) is 48.7 Å². The fourth-order valence-electron chi connectivity index (χ4n) is 10.7. The second kappa shape index (κ2) is 6.08. The summed E-state index contributed by atoms with van der Waals surface area (Å²) in [5, 5.41) is 0.916. The van der Waals surface area contributed by atoms with Gasteiger partial charge in [0, 0.05) is 23.3 Å². The Kier molecular flexibility index (Phi) is 4.04. The Morgan fingerprint density at radius 1 is 0.556 bits per heavy atom. The molecule has 0 radical (unpaired) electrons. The summed E-state index contributed by atoms with van der Waals surface area (Å²) in [4.78, 5) is 0. The summed E-state index contributed by atoms with van der Waals surface area (Å²) in [7, 11) is -2.30. The monoisotopic (exact) mass is 388 g/mol. The number of hydrogen-bond donors (Lipinski definition) is 0. The summed E-state index contributed by atoms with van der Waals surface area (Å²) >= 11 is 0. The van der Waals surface area contributed by atoms with Crippen LogP contribution in [0.2, 0.25) is 10.1 Å². The SMILES string of the molecule is CCO[Si](OCC)(C12CC3CC(CC(C3)C1)C2)C12CC3CC(CC(C3)C1)C2. The summed E-state index contributed by atoms with van der Waals surface area (Å²) < 4.78 is 14.3. The van der Waals surface area contributed by atoms with Gasteiger partial charge < -0.3 is 8.85 Å². The van der Waals surface area contributed by atoms with Gasteiger partial charge in [0.05, 0.1) is 0 Å². The van der Waals surface area contributed by atoms with Gasteiger partial charge >= 0.3 is 8.56 Å². The van der Waals surface area contributed by atoms with Crippen LogP contribution in [-0.4, -0.2) is 21.8 Å². The second-order valence-corrected chi connectivity index (χ2v) is 15.8. The third kappa shape index (κ3) is 2.37. The van der Waals surface area contributed by atoms with Crippen molar-refractivity contribution < 1.29 is 8.85 Å². The Balaban J connectivity index is 1.47. The van der Waals surface area contributed by atoms with Gasteiger partial charge in [-0.1, -0.05) is 0 Å². The summed E-state index contributed by atoms with van der Waals surface area (Å²) in [5.41, 5.74) is 0. The molecule has 0 aromatic carbocycles. The quantitative estimate of drug-likeness (QED) is 0.487. The minimum atomic E-state index is -2.30. The van der Waals surface area contributed by atoms with Crippen molar-refractivity contribution in [2.24, 2.45) is 35.5 Å². The largest absolute Gasteiger partial charge is 0.394 e. The predicted molar refractivity (Wildman–Crippen MR) is 111 cm³/mol.